The Morgan fingerprint density at radius 2 is 2.11 bits per heavy atom. The van der Waals surface area contributed by atoms with Crippen LogP contribution in [-0.2, 0) is 14.3 Å². The number of carbonyl (C=O) groups is 2. The number of rotatable bonds is 7. The molecule has 0 aliphatic carbocycles. The van der Waals surface area contributed by atoms with E-state index in [4.69, 9.17) is 10.5 Å². The van der Waals surface area contributed by atoms with E-state index in [0.717, 1.165) is 32.5 Å². The predicted molar refractivity (Wildman–Crippen MR) is 68.4 cm³/mol. The summed E-state index contributed by atoms with van der Waals surface area (Å²) in [5.41, 5.74) is 5.12. The minimum atomic E-state index is -0.374. The van der Waals surface area contributed by atoms with Crippen LogP contribution in [0.5, 0.6) is 0 Å². The summed E-state index contributed by atoms with van der Waals surface area (Å²) in [4.78, 5) is 22.3. The van der Waals surface area contributed by atoms with E-state index in [9.17, 15) is 9.59 Å². The number of primary amides is 1. The van der Waals surface area contributed by atoms with Gasteiger partial charge in [-0.3, -0.25) is 9.59 Å². The summed E-state index contributed by atoms with van der Waals surface area (Å²) in [7, 11) is 0. The molecule has 0 aromatic carbocycles. The topological polar surface area (TPSA) is 81.4 Å². The van der Waals surface area contributed by atoms with Gasteiger partial charge in [0, 0.05) is 25.7 Å². The number of nitrogens with two attached hydrogens (primary N) is 1. The highest BCUT2D eigenvalue weighted by Crippen LogP contribution is 2.17. The Morgan fingerprint density at radius 1 is 1.44 bits per heavy atom. The number of ether oxygens (including phenoxy) is 1. The van der Waals surface area contributed by atoms with Gasteiger partial charge in [-0.15, -0.1) is 0 Å². The molecule has 18 heavy (non-hydrogen) atoms. The molecule has 1 atom stereocenters. The van der Waals surface area contributed by atoms with Crippen LogP contribution in [-0.4, -0.2) is 31.6 Å². The lowest BCUT2D eigenvalue weighted by Crippen LogP contribution is -2.29. The Balaban J connectivity index is 2.04. The molecule has 0 unspecified atom stereocenters. The molecule has 103 valence electrons. The van der Waals surface area contributed by atoms with Crippen molar-refractivity contribution in [2.75, 3.05) is 19.8 Å². The predicted octanol–water partition coefficient (Wildman–Crippen LogP) is 0.635. The lowest BCUT2D eigenvalue weighted by Gasteiger charge is -2.21. The van der Waals surface area contributed by atoms with Crippen LogP contribution in [0.15, 0.2) is 0 Å². The first-order valence-electron chi connectivity index (χ1n) is 6.57. The molecule has 1 saturated heterocycles. The van der Waals surface area contributed by atoms with Gasteiger partial charge >= 0.3 is 0 Å². The molecule has 0 spiro atoms. The highest BCUT2D eigenvalue weighted by Gasteiger charge is 2.14. The monoisotopic (exact) mass is 255 g/mol. The van der Waals surface area contributed by atoms with Gasteiger partial charge in [-0.1, -0.05) is 6.92 Å². The van der Waals surface area contributed by atoms with Gasteiger partial charge in [-0.05, 0) is 31.6 Å². The van der Waals surface area contributed by atoms with Crippen molar-refractivity contribution in [1.29, 1.82) is 0 Å². The van der Waals surface area contributed by atoms with Crippen molar-refractivity contribution in [2.24, 2.45) is 17.6 Å². The van der Waals surface area contributed by atoms with Crippen molar-refractivity contribution in [3.05, 3.63) is 6.42 Å². The first-order chi connectivity index (χ1) is 8.59. The molecule has 5 heteroatoms. The molecule has 0 bridgehead atoms. The van der Waals surface area contributed by atoms with Gasteiger partial charge in [-0.25, -0.2) is 0 Å². The number of nitrogens with one attached hydrogen (secondary N) is 1. The lowest BCUT2D eigenvalue weighted by molar-refractivity contribution is -0.121. The van der Waals surface area contributed by atoms with E-state index in [-0.39, 0.29) is 17.7 Å². The molecular formula is C13H23N2O3. The first-order valence-corrected chi connectivity index (χ1v) is 6.57. The summed E-state index contributed by atoms with van der Waals surface area (Å²) in [5.74, 6) is -0.119. The minimum absolute atomic E-state index is 0.116. The molecular weight excluding hydrogens is 232 g/mol. The molecule has 1 aliphatic rings. The van der Waals surface area contributed by atoms with E-state index < -0.39 is 0 Å². The van der Waals surface area contributed by atoms with Gasteiger partial charge in [0.05, 0.1) is 6.42 Å². The maximum absolute atomic E-state index is 11.5. The van der Waals surface area contributed by atoms with Crippen LogP contribution in [0.4, 0.5) is 0 Å². The van der Waals surface area contributed by atoms with Crippen molar-refractivity contribution in [1.82, 2.24) is 5.32 Å². The second kappa shape index (κ2) is 8.08. The molecule has 1 fully saturated rings. The summed E-state index contributed by atoms with van der Waals surface area (Å²) in [6, 6.07) is 0. The molecule has 2 amide bonds. The third-order valence-corrected chi connectivity index (χ3v) is 3.34. The molecule has 5 nitrogen and oxygen atoms in total. The van der Waals surface area contributed by atoms with Crippen LogP contribution in [0.3, 0.4) is 0 Å². The smallest absolute Gasteiger partial charge is 0.223 e. The third-order valence-electron chi connectivity index (χ3n) is 3.34. The van der Waals surface area contributed by atoms with Crippen LogP contribution in [0.2, 0.25) is 0 Å². The van der Waals surface area contributed by atoms with E-state index in [2.05, 4.69) is 5.32 Å². The van der Waals surface area contributed by atoms with Crippen LogP contribution < -0.4 is 11.1 Å². The normalized spacial score (nSPS) is 18.3. The van der Waals surface area contributed by atoms with Crippen LogP contribution in [0, 0.1) is 18.3 Å². The zero-order chi connectivity index (χ0) is 13.4. The van der Waals surface area contributed by atoms with Gasteiger partial charge in [0.25, 0.3) is 0 Å². The van der Waals surface area contributed by atoms with Gasteiger partial charge in [0.1, 0.15) is 0 Å². The van der Waals surface area contributed by atoms with Crippen LogP contribution in [0.25, 0.3) is 0 Å². The largest absolute Gasteiger partial charge is 0.381 e. The Morgan fingerprint density at radius 3 is 2.72 bits per heavy atom. The molecule has 1 radical (unpaired) electrons. The fourth-order valence-corrected chi connectivity index (χ4v) is 1.91. The van der Waals surface area contributed by atoms with E-state index in [1.807, 2.05) is 0 Å². The average Bonchev–Trinajstić information content (AvgIpc) is 2.37. The molecule has 0 saturated carbocycles. The zero-order valence-corrected chi connectivity index (χ0v) is 11.0. The Kier molecular flexibility index (Phi) is 6.72. The second-order valence-corrected chi connectivity index (χ2v) is 4.88. The van der Waals surface area contributed by atoms with Crippen LogP contribution in [0.1, 0.15) is 32.6 Å². The number of hydrogen-bond acceptors (Lipinski definition) is 3. The summed E-state index contributed by atoms with van der Waals surface area (Å²) < 4.78 is 5.28. The maximum Gasteiger partial charge on any atom is 0.223 e. The fourth-order valence-electron chi connectivity index (χ4n) is 1.91. The molecule has 1 aliphatic heterocycles. The zero-order valence-electron chi connectivity index (χ0n) is 11.0. The summed E-state index contributed by atoms with van der Waals surface area (Å²) in [6.07, 6.45) is 5.06. The van der Waals surface area contributed by atoms with E-state index in [0.29, 0.717) is 18.9 Å². The van der Waals surface area contributed by atoms with Crippen molar-refractivity contribution >= 4 is 11.8 Å². The van der Waals surface area contributed by atoms with E-state index in [1.165, 1.54) is 6.42 Å². The molecule has 1 rings (SSSR count). The molecule has 3 N–H and O–H groups in total. The standard InChI is InChI=1S/C13H23N2O3/c1-10(13(14)17)2-3-12(16)15-7-4-11-5-8-18-9-6-11/h3,10-11H,2,4-9H2,1H3,(H2,14,17)(H,15,16)/t10-/m0/s1. The first kappa shape index (κ1) is 15.0. The number of amides is 2. The Bertz CT molecular complexity index is 275. The van der Waals surface area contributed by atoms with E-state index in [1.54, 1.807) is 6.92 Å². The minimum Gasteiger partial charge on any atom is -0.381 e. The molecule has 1 heterocycles. The van der Waals surface area contributed by atoms with Crippen molar-refractivity contribution in [3.8, 4) is 0 Å². The van der Waals surface area contributed by atoms with Gasteiger partial charge < -0.3 is 15.8 Å². The Labute approximate surface area is 108 Å². The lowest BCUT2D eigenvalue weighted by atomic mass is 9.96. The summed E-state index contributed by atoms with van der Waals surface area (Å²) in [5, 5.41) is 2.84. The Hall–Kier alpha value is -1.10. The van der Waals surface area contributed by atoms with Crippen molar-refractivity contribution < 1.29 is 14.3 Å². The summed E-state index contributed by atoms with van der Waals surface area (Å²) in [6.45, 7) is 4.07. The summed E-state index contributed by atoms with van der Waals surface area (Å²) >= 11 is 0. The molecule has 0 aromatic heterocycles. The fraction of sp³-hybridized carbons (Fsp3) is 0.769. The van der Waals surface area contributed by atoms with Crippen molar-refractivity contribution in [3.63, 3.8) is 0 Å². The second-order valence-electron chi connectivity index (χ2n) is 4.88. The van der Waals surface area contributed by atoms with Gasteiger partial charge in [0.15, 0.2) is 0 Å². The highest BCUT2D eigenvalue weighted by molar-refractivity contribution is 5.85. The van der Waals surface area contributed by atoms with Gasteiger partial charge in [0.2, 0.25) is 11.8 Å². The van der Waals surface area contributed by atoms with E-state index >= 15 is 0 Å². The average molecular weight is 255 g/mol. The quantitative estimate of drug-likeness (QED) is 0.700. The number of carbonyl (C=O) groups excluding carboxylic acids is 2. The van der Waals surface area contributed by atoms with Crippen LogP contribution >= 0.6 is 0 Å². The van der Waals surface area contributed by atoms with Gasteiger partial charge in [-0.2, -0.15) is 0 Å². The SMILES string of the molecule is C[C@@H](C[CH]C(=O)NCCC1CCOCC1)C(N)=O. The number of hydrogen-bond donors (Lipinski definition) is 2. The highest BCUT2D eigenvalue weighted by atomic mass is 16.5. The maximum atomic E-state index is 11.5. The molecule has 0 aromatic rings. The third kappa shape index (κ3) is 6.00. The van der Waals surface area contributed by atoms with Crippen molar-refractivity contribution in [2.45, 2.75) is 32.6 Å².